The highest BCUT2D eigenvalue weighted by Gasteiger charge is 2.24. The van der Waals surface area contributed by atoms with Gasteiger partial charge >= 0.3 is 12.0 Å². The van der Waals surface area contributed by atoms with Crippen LogP contribution in [0.25, 0.3) is 0 Å². The molecule has 0 unspecified atom stereocenters. The Hall–Kier alpha value is -2.13. The number of nitrogens with zero attached hydrogens (tertiary/aromatic N) is 1. The molecule has 0 aliphatic carbocycles. The van der Waals surface area contributed by atoms with Crippen LogP contribution >= 0.6 is 0 Å². The maximum Gasteiger partial charge on any atom is 0.319 e. The van der Waals surface area contributed by atoms with Crippen molar-refractivity contribution in [1.29, 1.82) is 0 Å². The highest BCUT2D eigenvalue weighted by Crippen LogP contribution is 2.19. The maximum atomic E-state index is 12.4. The fourth-order valence-corrected chi connectivity index (χ4v) is 3.47. The number of carboxylic acid groups (broad SMARTS) is 1. The van der Waals surface area contributed by atoms with E-state index < -0.39 is 27.6 Å². The van der Waals surface area contributed by atoms with E-state index in [-0.39, 0.29) is 23.8 Å². The lowest BCUT2D eigenvalue weighted by atomic mass is 9.99. The number of benzene rings is 1. The molecule has 0 fully saturated rings. The first-order valence-electron chi connectivity index (χ1n) is 8.24. The van der Waals surface area contributed by atoms with E-state index in [1.807, 2.05) is 0 Å². The van der Waals surface area contributed by atoms with Crippen molar-refractivity contribution < 1.29 is 23.1 Å². The van der Waals surface area contributed by atoms with Crippen LogP contribution in [0.3, 0.4) is 0 Å². The third-order valence-electron chi connectivity index (χ3n) is 3.93. The number of nitrogens with one attached hydrogen (secondary N) is 2. The first-order chi connectivity index (χ1) is 11.8. The van der Waals surface area contributed by atoms with E-state index in [0.717, 1.165) is 0 Å². The van der Waals surface area contributed by atoms with Crippen molar-refractivity contribution in [3.63, 3.8) is 0 Å². The minimum Gasteiger partial charge on any atom is -0.481 e. The molecule has 26 heavy (non-hydrogen) atoms. The first-order valence-corrected chi connectivity index (χ1v) is 9.68. The van der Waals surface area contributed by atoms with Gasteiger partial charge in [-0.1, -0.05) is 0 Å². The number of carboxylic acids is 1. The summed E-state index contributed by atoms with van der Waals surface area (Å²) in [5.41, 5.74) is -0.256. The van der Waals surface area contributed by atoms with Crippen molar-refractivity contribution in [3.05, 3.63) is 24.3 Å². The van der Waals surface area contributed by atoms with Gasteiger partial charge in [0.2, 0.25) is 10.0 Å². The lowest BCUT2D eigenvalue weighted by Crippen LogP contribution is -2.45. The molecule has 1 aromatic carbocycles. The molecule has 146 valence electrons. The van der Waals surface area contributed by atoms with Crippen molar-refractivity contribution in [2.24, 2.45) is 0 Å². The number of hydrogen-bond donors (Lipinski definition) is 3. The van der Waals surface area contributed by atoms with Crippen LogP contribution in [-0.2, 0) is 14.8 Å². The van der Waals surface area contributed by atoms with Gasteiger partial charge in [0, 0.05) is 30.7 Å². The van der Waals surface area contributed by atoms with Gasteiger partial charge in [-0.25, -0.2) is 13.2 Å². The van der Waals surface area contributed by atoms with Crippen LogP contribution in [0.2, 0.25) is 0 Å². The summed E-state index contributed by atoms with van der Waals surface area (Å²) in [6.07, 6.45) is 0.234. The minimum absolute atomic E-state index is 0.0524. The molecule has 0 atom stereocenters. The van der Waals surface area contributed by atoms with Gasteiger partial charge in [-0.2, -0.15) is 4.31 Å². The van der Waals surface area contributed by atoms with Crippen molar-refractivity contribution in [1.82, 2.24) is 9.62 Å². The van der Waals surface area contributed by atoms with Crippen LogP contribution in [0, 0.1) is 0 Å². The number of anilines is 1. The van der Waals surface area contributed by atoms with E-state index in [4.69, 9.17) is 5.11 Å². The summed E-state index contributed by atoms with van der Waals surface area (Å²) in [4.78, 5) is 22.8. The Bertz CT molecular complexity index is 742. The zero-order chi connectivity index (χ0) is 20.1. The first kappa shape index (κ1) is 21.9. The van der Waals surface area contributed by atoms with Crippen LogP contribution < -0.4 is 10.6 Å². The second kappa shape index (κ2) is 8.50. The molecule has 0 heterocycles. The maximum absolute atomic E-state index is 12.4. The lowest BCUT2D eigenvalue weighted by molar-refractivity contribution is -0.137. The predicted octanol–water partition coefficient (Wildman–Crippen LogP) is 2.48. The molecule has 0 aliphatic heterocycles. The van der Waals surface area contributed by atoms with E-state index >= 15 is 0 Å². The fourth-order valence-electron chi connectivity index (χ4n) is 2.11. The Kier molecular flexibility index (Phi) is 7.16. The third-order valence-corrected chi connectivity index (χ3v) is 5.98. The Morgan fingerprint density at radius 3 is 2.19 bits per heavy atom. The number of carbonyl (C=O) groups is 2. The highest BCUT2D eigenvalue weighted by atomic mass is 32.2. The summed E-state index contributed by atoms with van der Waals surface area (Å²) in [6.45, 7) is 7.02. The Morgan fingerprint density at radius 1 is 1.19 bits per heavy atom. The van der Waals surface area contributed by atoms with E-state index in [1.165, 1.54) is 35.6 Å². The number of hydrogen-bond acceptors (Lipinski definition) is 4. The van der Waals surface area contributed by atoms with Gasteiger partial charge < -0.3 is 15.7 Å². The second-order valence-corrected chi connectivity index (χ2v) is 8.99. The molecular formula is C17H27N3O5S. The molecule has 1 rings (SSSR count). The van der Waals surface area contributed by atoms with E-state index in [2.05, 4.69) is 10.6 Å². The zero-order valence-corrected chi connectivity index (χ0v) is 16.6. The largest absolute Gasteiger partial charge is 0.481 e. The Balaban J connectivity index is 2.75. The Morgan fingerprint density at radius 2 is 1.73 bits per heavy atom. The normalized spacial score (nSPS) is 12.3. The monoisotopic (exact) mass is 385 g/mol. The van der Waals surface area contributed by atoms with Gasteiger partial charge in [-0.3, -0.25) is 4.79 Å². The summed E-state index contributed by atoms with van der Waals surface area (Å²) < 4.78 is 26.1. The molecule has 0 aromatic heterocycles. The predicted molar refractivity (Wildman–Crippen MR) is 99.6 cm³/mol. The van der Waals surface area contributed by atoms with Crippen LogP contribution in [0.4, 0.5) is 10.5 Å². The number of aliphatic carboxylic acids is 1. The van der Waals surface area contributed by atoms with Crippen molar-refractivity contribution >= 4 is 27.7 Å². The Labute approximate surface area is 154 Å². The van der Waals surface area contributed by atoms with E-state index in [1.54, 1.807) is 27.7 Å². The summed E-state index contributed by atoms with van der Waals surface area (Å²) in [6, 6.07) is 5.21. The van der Waals surface area contributed by atoms with Gasteiger partial charge in [0.1, 0.15) is 0 Å². The van der Waals surface area contributed by atoms with Gasteiger partial charge in [0.25, 0.3) is 0 Å². The van der Waals surface area contributed by atoms with Gasteiger partial charge in [-0.15, -0.1) is 0 Å². The average Bonchev–Trinajstić information content (AvgIpc) is 2.52. The second-order valence-electron chi connectivity index (χ2n) is 7.00. The van der Waals surface area contributed by atoms with Crippen LogP contribution in [0.5, 0.6) is 0 Å². The minimum atomic E-state index is -3.58. The lowest BCUT2D eigenvalue weighted by Gasteiger charge is -2.25. The van der Waals surface area contributed by atoms with Crippen molar-refractivity contribution in [3.8, 4) is 0 Å². The molecular weight excluding hydrogens is 358 g/mol. The molecule has 9 heteroatoms. The van der Waals surface area contributed by atoms with Gasteiger partial charge in [0.15, 0.2) is 0 Å². The van der Waals surface area contributed by atoms with E-state index in [0.29, 0.717) is 5.69 Å². The summed E-state index contributed by atoms with van der Waals surface area (Å²) in [5.74, 6) is -0.927. The van der Waals surface area contributed by atoms with Crippen LogP contribution in [-0.4, -0.2) is 48.5 Å². The molecule has 0 saturated carbocycles. The molecule has 0 bridgehead atoms. The quantitative estimate of drug-likeness (QED) is 0.636. The number of carbonyl (C=O) groups excluding carboxylic acids is 1. The van der Waals surface area contributed by atoms with Gasteiger partial charge in [0.05, 0.1) is 4.90 Å². The number of rotatable bonds is 8. The standard InChI is InChI=1S/C17H27N3O5S/c1-12(2)20(5)26(24,25)14-8-6-13(7-9-14)18-16(23)19-17(3,4)11-10-15(21)22/h6-9,12H,10-11H2,1-5H3,(H,21,22)(H2,18,19,23). The summed E-state index contributed by atoms with van der Waals surface area (Å²) in [5, 5.41) is 14.0. The highest BCUT2D eigenvalue weighted by molar-refractivity contribution is 7.89. The van der Waals surface area contributed by atoms with Crippen molar-refractivity contribution in [2.75, 3.05) is 12.4 Å². The van der Waals surface area contributed by atoms with E-state index in [9.17, 15) is 18.0 Å². The molecule has 1 aromatic rings. The molecule has 0 saturated heterocycles. The average molecular weight is 385 g/mol. The summed E-state index contributed by atoms with van der Waals surface area (Å²) in [7, 11) is -2.07. The molecule has 3 N–H and O–H groups in total. The van der Waals surface area contributed by atoms with Crippen molar-refractivity contribution in [2.45, 2.75) is 57.0 Å². The molecule has 0 aliphatic rings. The SMILES string of the molecule is CC(C)N(C)S(=O)(=O)c1ccc(NC(=O)NC(C)(C)CCC(=O)O)cc1. The molecule has 8 nitrogen and oxygen atoms in total. The molecule has 0 radical (unpaired) electrons. The van der Waals surface area contributed by atoms with Gasteiger partial charge in [-0.05, 0) is 58.4 Å². The third kappa shape index (κ3) is 6.30. The summed E-state index contributed by atoms with van der Waals surface area (Å²) >= 11 is 0. The molecule has 0 spiro atoms. The topological polar surface area (TPSA) is 116 Å². The van der Waals surface area contributed by atoms with Crippen LogP contribution in [0.1, 0.15) is 40.5 Å². The zero-order valence-electron chi connectivity index (χ0n) is 15.7. The molecule has 2 amide bonds. The smallest absolute Gasteiger partial charge is 0.319 e. The number of urea groups is 1. The number of amides is 2. The fraction of sp³-hybridized carbons (Fsp3) is 0.529. The van der Waals surface area contributed by atoms with Crippen LogP contribution in [0.15, 0.2) is 29.2 Å². The number of sulfonamides is 1.